The lowest BCUT2D eigenvalue weighted by molar-refractivity contribution is 0.160. The molecule has 0 saturated carbocycles. The highest BCUT2D eigenvalue weighted by Gasteiger charge is 2.21. The van der Waals surface area contributed by atoms with Gasteiger partial charge in [-0.15, -0.1) is 0 Å². The molecule has 0 amide bonds. The van der Waals surface area contributed by atoms with Gasteiger partial charge in [-0.25, -0.2) is 8.78 Å². The summed E-state index contributed by atoms with van der Waals surface area (Å²) in [5.41, 5.74) is 5.19. The van der Waals surface area contributed by atoms with E-state index in [-0.39, 0.29) is 5.56 Å². The Hall–Kier alpha value is -0.270. The van der Waals surface area contributed by atoms with Gasteiger partial charge in [-0.05, 0) is 41.6 Å². The molecule has 0 spiro atoms. The van der Waals surface area contributed by atoms with Crippen molar-refractivity contribution in [2.75, 3.05) is 0 Å². The number of hydrogen-bond donors (Lipinski definition) is 2. The van der Waals surface area contributed by atoms with Crippen LogP contribution in [0.1, 0.15) is 18.5 Å². The zero-order chi connectivity index (χ0) is 10.9. The molecule has 1 rings (SSSR count). The number of nitrogens with two attached hydrogens (primary N) is 1. The fourth-order valence-electron chi connectivity index (χ4n) is 1.11. The van der Waals surface area contributed by atoms with Gasteiger partial charge in [0.25, 0.3) is 0 Å². The summed E-state index contributed by atoms with van der Waals surface area (Å²) in [6.07, 6.45) is -0.987. The maximum atomic E-state index is 13.3. The highest BCUT2D eigenvalue weighted by Crippen LogP contribution is 2.23. The molecular formula is C9H10F2INO. The van der Waals surface area contributed by atoms with Gasteiger partial charge in [0, 0.05) is 9.13 Å². The van der Waals surface area contributed by atoms with Crippen LogP contribution in [-0.2, 0) is 0 Å². The van der Waals surface area contributed by atoms with Gasteiger partial charge >= 0.3 is 0 Å². The summed E-state index contributed by atoms with van der Waals surface area (Å²) in [5, 5.41) is 9.13. The van der Waals surface area contributed by atoms with Crippen LogP contribution in [0.3, 0.4) is 0 Å². The zero-order valence-electron chi connectivity index (χ0n) is 7.47. The third kappa shape index (κ3) is 2.40. The van der Waals surface area contributed by atoms with Crippen molar-refractivity contribution in [3.05, 3.63) is 32.9 Å². The second kappa shape index (κ2) is 4.50. The predicted molar refractivity (Wildman–Crippen MR) is 57.7 cm³/mol. The molecular weight excluding hydrogens is 303 g/mol. The van der Waals surface area contributed by atoms with Crippen molar-refractivity contribution in [3.63, 3.8) is 0 Å². The Balaban J connectivity index is 3.20. The molecule has 0 aliphatic carbocycles. The highest BCUT2D eigenvalue weighted by atomic mass is 127. The number of aliphatic hydroxyl groups is 1. The lowest BCUT2D eigenvalue weighted by Crippen LogP contribution is -2.25. The van der Waals surface area contributed by atoms with E-state index >= 15 is 0 Å². The molecule has 2 nitrogen and oxygen atoms in total. The van der Waals surface area contributed by atoms with Gasteiger partial charge in [0.15, 0.2) is 0 Å². The molecule has 0 aliphatic rings. The lowest BCUT2D eigenvalue weighted by atomic mass is 10.0. The van der Waals surface area contributed by atoms with Crippen LogP contribution < -0.4 is 5.73 Å². The summed E-state index contributed by atoms with van der Waals surface area (Å²) in [4.78, 5) is 0. The molecule has 0 unspecified atom stereocenters. The van der Waals surface area contributed by atoms with Gasteiger partial charge in [0.05, 0.1) is 12.1 Å². The number of rotatable bonds is 2. The van der Waals surface area contributed by atoms with Gasteiger partial charge in [0.1, 0.15) is 11.6 Å². The Labute approximate surface area is 94.3 Å². The van der Waals surface area contributed by atoms with Crippen molar-refractivity contribution in [1.82, 2.24) is 0 Å². The minimum Gasteiger partial charge on any atom is -0.391 e. The maximum absolute atomic E-state index is 13.3. The average Bonchev–Trinajstić information content (AvgIpc) is 2.01. The minimum atomic E-state index is -1.04. The van der Waals surface area contributed by atoms with Gasteiger partial charge in [-0.1, -0.05) is 0 Å². The molecule has 0 radical (unpaired) electrons. The van der Waals surface area contributed by atoms with Crippen LogP contribution in [0.25, 0.3) is 0 Å². The van der Waals surface area contributed by atoms with E-state index in [2.05, 4.69) is 0 Å². The largest absolute Gasteiger partial charge is 0.391 e. The second-order valence-corrected chi connectivity index (χ2v) is 4.30. The van der Waals surface area contributed by atoms with E-state index in [9.17, 15) is 8.78 Å². The van der Waals surface area contributed by atoms with E-state index < -0.39 is 23.8 Å². The van der Waals surface area contributed by atoms with E-state index in [0.717, 1.165) is 0 Å². The topological polar surface area (TPSA) is 46.2 Å². The summed E-state index contributed by atoms with van der Waals surface area (Å²) < 4.78 is 27.0. The first kappa shape index (κ1) is 11.8. The van der Waals surface area contributed by atoms with Crippen molar-refractivity contribution >= 4 is 22.6 Å². The Kier molecular flexibility index (Phi) is 3.79. The molecule has 0 aliphatic heterocycles. The van der Waals surface area contributed by atoms with E-state index in [1.807, 2.05) is 0 Å². The monoisotopic (exact) mass is 313 g/mol. The fourth-order valence-corrected chi connectivity index (χ4v) is 1.66. The maximum Gasteiger partial charge on any atom is 0.132 e. The Morgan fingerprint density at radius 1 is 1.36 bits per heavy atom. The van der Waals surface area contributed by atoms with Crippen LogP contribution in [0.4, 0.5) is 8.78 Å². The molecule has 14 heavy (non-hydrogen) atoms. The lowest BCUT2D eigenvalue weighted by Gasteiger charge is -2.16. The van der Waals surface area contributed by atoms with Crippen LogP contribution in [0, 0.1) is 15.2 Å². The first-order valence-electron chi connectivity index (χ1n) is 4.01. The third-order valence-corrected chi connectivity index (χ3v) is 2.52. The number of hydrogen-bond acceptors (Lipinski definition) is 2. The number of aliphatic hydroxyl groups excluding tert-OH is 1. The Bertz CT molecular complexity index is 321. The number of halogens is 3. The Morgan fingerprint density at radius 3 is 2.14 bits per heavy atom. The van der Waals surface area contributed by atoms with E-state index in [0.29, 0.717) is 3.57 Å². The van der Waals surface area contributed by atoms with Crippen LogP contribution in [-0.4, -0.2) is 11.2 Å². The van der Waals surface area contributed by atoms with Crippen LogP contribution in [0.15, 0.2) is 12.1 Å². The second-order valence-electron chi connectivity index (χ2n) is 3.05. The van der Waals surface area contributed by atoms with E-state index in [1.165, 1.54) is 19.1 Å². The number of benzene rings is 1. The standard InChI is InChI=1S/C9H10F2INO/c1-4(14)9(13)8-6(10)2-5(12)3-7(8)11/h2-4,9,14H,13H2,1H3/t4-,9-/m1/s1. The molecule has 78 valence electrons. The summed E-state index contributed by atoms with van der Waals surface area (Å²) in [5.74, 6) is -1.44. The molecule has 0 heterocycles. The van der Waals surface area contributed by atoms with Crippen LogP contribution in [0.5, 0.6) is 0 Å². The van der Waals surface area contributed by atoms with Crippen LogP contribution >= 0.6 is 22.6 Å². The zero-order valence-corrected chi connectivity index (χ0v) is 9.63. The first-order chi connectivity index (χ1) is 6.43. The molecule has 1 aromatic carbocycles. The summed E-state index contributed by atoms with van der Waals surface area (Å²) >= 11 is 1.81. The van der Waals surface area contributed by atoms with Crippen molar-refractivity contribution in [1.29, 1.82) is 0 Å². The Morgan fingerprint density at radius 2 is 1.79 bits per heavy atom. The van der Waals surface area contributed by atoms with Crippen molar-refractivity contribution in [3.8, 4) is 0 Å². The average molecular weight is 313 g/mol. The fraction of sp³-hybridized carbons (Fsp3) is 0.333. The SMILES string of the molecule is C[C@@H](O)[C@@H](N)c1c(F)cc(I)cc1F. The molecule has 0 fully saturated rings. The van der Waals surface area contributed by atoms with Gasteiger partial charge in [-0.3, -0.25) is 0 Å². The normalized spacial score (nSPS) is 15.3. The molecule has 0 aromatic heterocycles. The summed E-state index contributed by atoms with van der Waals surface area (Å²) in [6.45, 7) is 1.39. The molecule has 3 N–H and O–H groups in total. The van der Waals surface area contributed by atoms with E-state index in [1.54, 1.807) is 22.6 Å². The summed E-state index contributed by atoms with van der Waals surface area (Å²) in [7, 11) is 0. The first-order valence-corrected chi connectivity index (χ1v) is 5.09. The van der Waals surface area contributed by atoms with Crippen molar-refractivity contribution < 1.29 is 13.9 Å². The molecule has 5 heteroatoms. The van der Waals surface area contributed by atoms with Gasteiger partial charge in [0.2, 0.25) is 0 Å². The highest BCUT2D eigenvalue weighted by molar-refractivity contribution is 14.1. The van der Waals surface area contributed by atoms with Crippen molar-refractivity contribution in [2.45, 2.75) is 19.1 Å². The molecule has 1 aromatic rings. The van der Waals surface area contributed by atoms with Gasteiger partial charge in [-0.2, -0.15) is 0 Å². The predicted octanol–water partition coefficient (Wildman–Crippen LogP) is 1.95. The quantitative estimate of drug-likeness (QED) is 0.820. The minimum absolute atomic E-state index is 0.264. The summed E-state index contributed by atoms with van der Waals surface area (Å²) in [6, 6.07) is 1.33. The molecule has 0 saturated heterocycles. The van der Waals surface area contributed by atoms with Crippen LogP contribution in [0.2, 0.25) is 0 Å². The third-order valence-electron chi connectivity index (χ3n) is 1.90. The molecule has 0 bridgehead atoms. The van der Waals surface area contributed by atoms with Crippen molar-refractivity contribution in [2.24, 2.45) is 5.73 Å². The van der Waals surface area contributed by atoms with Gasteiger partial charge < -0.3 is 10.8 Å². The smallest absolute Gasteiger partial charge is 0.132 e. The molecule has 2 atom stereocenters. The van der Waals surface area contributed by atoms with E-state index in [4.69, 9.17) is 10.8 Å².